The van der Waals surface area contributed by atoms with Crippen LogP contribution in [0.1, 0.15) is 23.6 Å². The zero-order valence-electron chi connectivity index (χ0n) is 17.8. The van der Waals surface area contributed by atoms with Crippen molar-refractivity contribution >= 4 is 5.91 Å². The van der Waals surface area contributed by atoms with E-state index in [-0.39, 0.29) is 18.6 Å². The summed E-state index contributed by atoms with van der Waals surface area (Å²) in [7, 11) is 0. The Labute approximate surface area is 174 Å². The fourth-order valence-corrected chi connectivity index (χ4v) is 3.77. The Bertz CT molecular complexity index is 768. The summed E-state index contributed by atoms with van der Waals surface area (Å²) in [5, 5.41) is 0. The summed E-state index contributed by atoms with van der Waals surface area (Å²) in [6.45, 7) is 11.0. The molecular weight excluding hydrogens is 364 g/mol. The molecule has 0 saturated carbocycles. The van der Waals surface area contributed by atoms with Crippen LogP contribution in [-0.4, -0.2) is 61.2 Å². The highest BCUT2D eigenvalue weighted by atomic mass is 16.5. The van der Waals surface area contributed by atoms with E-state index in [2.05, 4.69) is 24.0 Å². The van der Waals surface area contributed by atoms with Crippen molar-refractivity contribution in [3.8, 4) is 5.75 Å². The number of carbonyl (C=O) groups is 1. The average molecular weight is 397 g/mol. The molecule has 5 heteroatoms. The number of hydrogen-bond donors (Lipinski definition) is 0. The van der Waals surface area contributed by atoms with Gasteiger partial charge in [-0.05, 0) is 37.5 Å². The maximum atomic E-state index is 13.2. The fourth-order valence-electron chi connectivity index (χ4n) is 3.77. The summed E-state index contributed by atoms with van der Waals surface area (Å²) < 4.78 is 11.4. The van der Waals surface area contributed by atoms with Crippen LogP contribution in [0, 0.1) is 13.8 Å². The van der Waals surface area contributed by atoms with Gasteiger partial charge in [0.05, 0.1) is 13.2 Å². The lowest BCUT2D eigenvalue weighted by Gasteiger charge is -2.35. The van der Waals surface area contributed by atoms with Gasteiger partial charge in [0.2, 0.25) is 0 Å². The van der Waals surface area contributed by atoms with Gasteiger partial charge in [0.1, 0.15) is 5.75 Å². The Morgan fingerprint density at radius 1 is 1.07 bits per heavy atom. The topological polar surface area (TPSA) is 42.0 Å². The summed E-state index contributed by atoms with van der Waals surface area (Å²) in [5.41, 5.74) is 3.23. The van der Waals surface area contributed by atoms with Crippen molar-refractivity contribution in [2.75, 3.05) is 39.5 Å². The molecule has 1 fully saturated rings. The number of aryl methyl sites for hydroxylation is 2. The molecule has 3 rings (SSSR count). The molecule has 1 unspecified atom stereocenters. The third-order valence-electron chi connectivity index (χ3n) is 5.42. The van der Waals surface area contributed by atoms with Crippen molar-refractivity contribution in [2.24, 2.45) is 0 Å². The van der Waals surface area contributed by atoms with Crippen LogP contribution in [-0.2, 0) is 16.1 Å². The Hall–Kier alpha value is -2.37. The molecule has 0 N–H and O–H groups in total. The zero-order valence-corrected chi connectivity index (χ0v) is 17.8. The molecule has 1 saturated heterocycles. The molecule has 2 aromatic rings. The number of morpholine rings is 1. The molecule has 1 heterocycles. The second-order valence-corrected chi connectivity index (χ2v) is 7.78. The van der Waals surface area contributed by atoms with Gasteiger partial charge in [0, 0.05) is 32.2 Å². The van der Waals surface area contributed by atoms with Crippen LogP contribution in [0.2, 0.25) is 0 Å². The summed E-state index contributed by atoms with van der Waals surface area (Å²) in [6, 6.07) is 16.3. The van der Waals surface area contributed by atoms with E-state index < -0.39 is 0 Å². The predicted octanol–water partition coefficient (Wildman–Crippen LogP) is 3.43. The van der Waals surface area contributed by atoms with Gasteiger partial charge in [-0.2, -0.15) is 0 Å². The second-order valence-electron chi connectivity index (χ2n) is 7.78. The van der Waals surface area contributed by atoms with E-state index >= 15 is 0 Å². The molecule has 5 nitrogen and oxygen atoms in total. The molecule has 0 bridgehead atoms. The quantitative estimate of drug-likeness (QED) is 0.686. The van der Waals surface area contributed by atoms with E-state index in [1.54, 1.807) is 0 Å². The molecule has 0 aliphatic carbocycles. The van der Waals surface area contributed by atoms with Crippen molar-refractivity contribution in [3.05, 3.63) is 65.2 Å². The summed E-state index contributed by atoms with van der Waals surface area (Å²) in [4.78, 5) is 17.5. The monoisotopic (exact) mass is 396 g/mol. The number of carbonyl (C=O) groups excluding carboxylic acids is 1. The predicted molar refractivity (Wildman–Crippen MR) is 115 cm³/mol. The Balaban J connectivity index is 1.69. The normalized spacial score (nSPS) is 15.7. The van der Waals surface area contributed by atoms with E-state index in [1.165, 1.54) is 0 Å². The van der Waals surface area contributed by atoms with Crippen LogP contribution in [0.4, 0.5) is 0 Å². The largest absolute Gasteiger partial charge is 0.483 e. The maximum Gasteiger partial charge on any atom is 0.261 e. The van der Waals surface area contributed by atoms with Gasteiger partial charge in [-0.1, -0.05) is 48.5 Å². The average Bonchev–Trinajstić information content (AvgIpc) is 2.73. The molecule has 1 atom stereocenters. The van der Waals surface area contributed by atoms with Crippen LogP contribution in [0.25, 0.3) is 0 Å². The third-order valence-corrected chi connectivity index (χ3v) is 5.42. The van der Waals surface area contributed by atoms with Crippen molar-refractivity contribution in [2.45, 2.75) is 33.4 Å². The highest BCUT2D eigenvalue weighted by molar-refractivity contribution is 5.78. The summed E-state index contributed by atoms with van der Waals surface area (Å²) in [5.74, 6) is 0.818. The van der Waals surface area contributed by atoms with E-state index in [4.69, 9.17) is 9.47 Å². The molecule has 1 aliphatic rings. The smallest absolute Gasteiger partial charge is 0.261 e. The van der Waals surface area contributed by atoms with Crippen LogP contribution in [0.5, 0.6) is 5.75 Å². The van der Waals surface area contributed by atoms with Gasteiger partial charge < -0.3 is 14.4 Å². The number of rotatable bonds is 8. The minimum absolute atomic E-state index is 0.0114. The molecule has 1 amide bonds. The first-order valence-corrected chi connectivity index (χ1v) is 10.4. The Kier molecular flexibility index (Phi) is 7.67. The minimum Gasteiger partial charge on any atom is -0.483 e. The van der Waals surface area contributed by atoms with Gasteiger partial charge in [-0.3, -0.25) is 9.69 Å². The second kappa shape index (κ2) is 10.4. The molecule has 156 valence electrons. The van der Waals surface area contributed by atoms with Crippen molar-refractivity contribution in [3.63, 3.8) is 0 Å². The highest BCUT2D eigenvalue weighted by Gasteiger charge is 2.24. The minimum atomic E-state index is 0.0114. The van der Waals surface area contributed by atoms with Gasteiger partial charge >= 0.3 is 0 Å². The van der Waals surface area contributed by atoms with Crippen molar-refractivity contribution < 1.29 is 14.3 Å². The molecule has 2 aromatic carbocycles. The number of nitrogens with zero attached hydrogens (tertiary/aromatic N) is 2. The Morgan fingerprint density at radius 2 is 1.72 bits per heavy atom. The number of ether oxygens (including phenoxy) is 2. The molecule has 1 aliphatic heterocycles. The Morgan fingerprint density at radius 3 is 2.38 bits per heavy atom. The molecular formula is C24H32N2O3. The van der Waals surface area contributed by atoms with E-state index in [1.807, 2.05) is 55.1 Å². The molecule has 0 spiro atoms. The lowest BCUT2D eigenvalue weighted by molar-refractivity contribution is -0.136. The number of amides is 1. The van der Waals surface area contributed by atoms with Crippen LogP contribution >= 0.6 is 0 Å². The van der Waals surface area contributed by atoms with Crippen LogP contribution in [0.15, 0.2) is 48.5 Å². The number of benzene rings is 2. The fraction of sp³-hybridized carbons (Fsp3) is 0.458. The molecule has 29 heavy (non-hydrogen) atoms. The van der Waals surface area contributed by atoms with E-state index in [0.717, 1.165) is 55.3 Å². The first-order chi connectivity index (χ1) is 14.0. The maximum absolute atomic E-state index is 13.2. The van der Waals surface area contributed by atoms with E-state index in [0.29, 0.717) is 6.54 Å². The van der Waals surface area contributed by atoms with Gasteiger partial charge in [-0.15, -0.1) is 0 Å². The van der Waals surface area contributed by atoms with Gasteiger partial charge in [0.15, 0.2) is 6.61 Å². The lowest BCUT2D eigenvalue weighted by Crippen LogP contribution is -2.49. The van der Waals surface area contributed by atoms with Gasteiger partial charge in [-0.25, -0.2) is 0 Å². The number of para-hydroxylation sites is 1. The van der Waals surface area contributed by atoms with E-state index in [9.17, 15) is 4.79 Å². The van der Waals surface area contributed by atoms with Crippen molar-refractivity contribution in [1.29, 1.82) is 0 Å². The number of hydrogen-bond acceptors (Lipinski definition) is 4. The highest BCUT2D eigenvalue weighted by Crippen LogP contribution is 2.22. The lowest BCUT2D eigenvalue weighted by atomic mass is 10.1. The SMILES string of the molecule is Cc1cccc(C)c1OCC(=O)N(Cc1ccccc1)C(C)CN1CCOCC1. The molecule has 0 aromatic heterocycles. The summed E-state index contributed by atoms with van der Waals surface area (Å²) >= 11 is 0. The van der Waals surface area contributed by atoms with Crippen LogP contribution in [0.3, 0.4) is 0 Å². The first-order valence-electron chi connectivity index (χ1n) is 10.4. The van der Waals surface area contributed by atoms with Crippen molar-refractivity contribution in [1.82, 2.24) is 9.80 Å². The van der Waals surface area contributed by atoms with Crippen LogP contribution < -0.4 is 4.74 Å². The molecule has 0 radical (unpaired) electrons. The standard InChI is InChI=1S/C24H32N2O3/c1-19-8-7-9-20(2)24(19)29-18-23(27)26(17-22-10-5-4-6-11-22)21(3)16-25-12-14-28-15-13-25/h4-11,21H,12-18H2,1-3H3. The first kappa shape index (κ1) is 21.3. The third kappa shape index (κ3) is 6.05. The van der Waals surface area contributed by atoms with Gasteiger partial charge in [0.25, 0.3) is 5.91 Å². The zero-order chi connectivity index (χ0) is 20.6. The summed E-state index contributed by atoms with van der Waals surface area (Å²) in [6.07, 6.45) is 0.